The van der Waals surface area contributed by atoms with E-state index in [2.05, 4.69) is 25.7 Å². The number of nitrogens with two attached hydrogens (primary N) is 1. The van der Waals surface area contributed by atoms with Crippen LogP contribution in [0.3, 0.4) is 0 Å². The molecular formula is C18H23N7O2S. The van der Waals surface area contributed by atoms with Crippen LogP contribution in [0.25, 0.3) is 5.78 Å². The first kappa shape index (κ1) is 18.6. The van der Waals surface area contributed by atoms with E-state index >= 15 is 0 Å². The number of benzene rings is 1. The van der Waals surface area contributed by atoms with Gasteiger partial charge >= 0.3 is 0 Å². The maximum absolute atomic E-state index is 11.6. The monoisotopic (exact) mass is 401 g/mol. The average Bonchev–Trinajstić information content (AvgIpc) is 3.12. The van der Waals surface area contributed by atoms with Gasteiger partial charge in [-0.15, -0.1) is 0 Å². The fraction of sp³-hybridized carbons (Fsp3) is 0.389. The van der Waals surface area contributed by atoms with E-state index < -0.39 is 9.84 Å². The molecule has 1 fully saturated rings. The van der Waals surface area contributed by atoms with Crippen LogP contribution in [0.1, 0.15) is 25.7 Å². The molecule has 3 aromatic rings. The molecule has 4 rings (SSSR count). The maximum atomic E-state index is 11.6. The summed E-state index contributed by atoms with van der Waals surface area (Å²) < 4.78 is 24.9. The number of fused-ring (bicyclic) bond motifs is 1. The minimum atomic E-state index is -3.23. The molecule has 9 nitrogen and oxygen atoms in total. The molecule has 10 heteroatoms. The summed E-state index contributed by atoms with van der Waals surface area (Å²) in [7, 11) is -3.23. The van der Waals surface area contributed by atoms with Crippen molar-refractivity contribution in [2.45, 2.75) is 42.7 Å². The Kier molecular flexibility index (Phi) is 4.90. The summed E-state index contributed by atoms with van der Waals surface area (Å²) in [6.07, 6.45) is 6.66. The second kappa shape index (κ2) is 7.36. The third-order valence-corrected chi connectivity index (χ3v) is 6.06. The SMILES string of the molecule is CS(=O)(=O)c1ccc(Nc2cc(NC3CCC(N)CC3)nc3ncnn23)cc1. The lowest BCUT2D eigenvalue weighted by Crippen LogP contribution is -2.33. The van der Waals surface area contributed by atoms with E-state index in [-0.39, 0.29) is 10.9 Å². The van der Waals surface area contributed by atoms with Gasteiger partial charge in [0.05, 0.1) is 4.90 Å². The molecule has 148 valence electrons. The number of sulfone groups is 1. The van der Waals surface area contributed by atoms with Gasteiger partial charge in [-0.05, 0) is 49.9 Å². The number of rotatable bonds is 5. The van der Waals surface area contributed by atoms with Crippen molar-refractivity contribution < 1.29 is 8.42 Å². The summed E-state index contributed by atoms with van der Waals surface area (Å²) in [6.45, 7) is 0. The highest BCUT2D eigenvalue weighted by Gasteiger charge is 2.19. The van der Waals surface area contributed by atoms with Crippen LogP contribution in [0, 0.1) is 0 Å². The molecule has 4 N–H and O–H groups in total. The maximum Gasteiger partial charge on any atom is 0.256 e. The number of nitrogens with zero attached hydrogens (tertiary/aromatic N) is 4. The van der Waals surface area contributed by atoms with Gasteiger partial charge < -0.3 is 16.4 Å². The third kappa shape index (κ3) is 4.07. The number of nitrogens with one attached hydrogen (secondary N) is 2. The molecule has 0 spiro atoms. The first-order valence-corrected chi connectivity index (χ1v) is 11.1. The van der Waals surface area contributed by atoms with Crippen molar-refractivity contribution in [3.8, 4) is 0 Å². The molecule has 1 aliphatic carbocycles. The van der Waals surface area contributed by atoms with Crippen molar-refractivity contribution >= 4 is 32.9 Å². The zero-order chi connectivity index (χ0) is 19.7. The topological polar surface area (TPSA) is 127 Å². The molecule has 0 radical (unpaired) electrons. The van der Waals surface area contributed by atoms with Crippen LogP contribution in [0.2, 0.25) is 0 Å². The third-order valence-electron chi connectivity index (χ3n) is 4.93. The van der Waals surface area contributed by atoms with E-state index in [9.17, 15) is 8.42 Å². The van der Waals surface area contributed by atoms with Crippen LogP contribution in [0.5, 0.6) is 0 Å². The first-order valence-electron chi connectivity index (χ1n) is 9.18. The predicted octanol–water partition coefficient (Wildman–Crippen LogP) is 1.95. The lowest BCUT2D eigenvalue weighted by atomic mass is 9.92. The fourth-order valence-corrected chi connectivity index (χ4v) is 4.01. The van der Waals surface area contributed by atoms with Gasteiger partial charge in [0.25, 0.3) is 5.78 Å². The second-order valence-electron chi connectivity index (χ2n) is 7.18. The van der Waals surface area contributed by atoms with Crippen molar-refractivity contribution in [3.63, 3.8) is 0 Å². The zero-order valence-electron chi connectivity index (χ0n) is 15.5. The summed E-state index contributed by atoms with van der Waals surface area (Å²) in [5, 5.41) is 10.9. The van der Waals surface area contributed by atoms with Gasteiger partial charge in [0.1, 0.15) is 18.0 Å². The van der Waals surface area contributed by atoms with Gasteiger partial charge in [-0.3, -0.25) is 0 Å². The fourth-order valence-electron chi connectivity index (χ4n) is 3.38. The lowest BCUT2D eigenvalue weighted by Gasteiger charge is -2.27. The van der Waals surface area contributed by atoms with Crippen molar-refractivity contribution in [3.05, 3.63) is 36.7 Å². The smallest absolute Gasteiger partial charge is 0.256 e. The average molecular weight is 401 g/mol. The van der Waals surface area contributed by atoms with Gasteiger partial charge in [0, 0.05) is 30.1 Å². The Morgan fingerprint density at radius 3 is 2.54 bits per heavy atom. The van der Waals surface area contributed by atoms with Gasteiger partial charge in [0.2, 0.25) is 0 Å². The lowest BCUT2D eigenvalue weighted by molar-refractivity contribution is 0.410. The Morgan fingerprint density at radius 1 is 1.14 bits per heavy atom. The molecule has 2 aromatic heterocycles. The summed E-state index contributed by atoms with van der Waals surface area (Å²) in [6, 6.07) is 9.08. The molecule has 0 bridgehead atoms. The quantitative estimate of drug-likeness (QED) is 0.592. The molecule has 1 aliphatic rings. The normalized spacial score (nSPS) is 20.2. The largest absolute Gasteiger partial charge is 0.367 e. The van der Waals surface area contributed by atoms with Crippen LogP contribution in [0.4, 0.5) is 17.3 Å². The minimum Gasteiger partial charge on any atom is -0.367 e. The molecule has 0 aliphatic heterocycles. The summed E-state index contributed by atoms with van der Waals surface area (Å²) in [4.78, 5) is 8.99. The van der Waals surface area contributed by atoms with E-state index in [0.717, 1.165) is 37.2 Å². The molecule has 1 saturated carbocycles. The van der Waals surface area contributed by atoms with E-state index in [1.807, 2.05) is 6.07 Å². The highest BCUT2D eigenvalue weighted by Crippen LogP contribution is 2.24. The number of aromatic nitrogens is 4. The Hall–Kier alpha value is -2.72. The Bertz CT molecular complexity index is 1070. The summed E-state index contributed by atoms with van der Waals surface area (Å²) >= 11 is 0. The first-order chi connectivity index (χ1) is 13.4. The molecule has 28 heavy (non-hydrogen) atoms. The van der Waals surface area contributed by atoms with Gasteiger partial charge in [0.15, 0.2) is 9.84 Å². The van der Waals surface area contributed by atoms with Gasteiger partial charge in [-0.25, -0.2) is 8.42 Å². The Morgan fingerprint density at radius 2 is 1.86 bits per heavy atom. The van der Waals surface area contributed by atoms with Crippen LogP contribution in [0.15, 0.2) is 41.6 Å². The van der Waals surface area contributed by atoms with E-state index in [1.54, 1.807) is 28.8 Å². The minimum absolute atomic E-state index is 0.275. The Balaban J connectivity index is 1.58. The van der Waals surface area contributed by atoms with Gasteiger partial charge in [-0.1, -0.05) is 0 Å². The van der Waals surface area contributed by atoms with E-state index in [4.69, 9.17) is 5.73 Å². The molecule has 0 saturated heterocycles. The summed E-state index contributed by atoms with van der Waals surface area (Å²) in [5.74, 6) is 1.88. The van der Waals surface area contributed by atoms with Gasteiger partial charge in [-0.2, -0.15) is 19.6 Å². The van der Waals surface area contributed by atoms with Crippen LogP contribution >= 0.6 is 0 Å². The number of hydrogen-bond acceptors (Lipinski definition) is 8. The molecule has 1 aromatic carbocycles. The van der Waals surface area contributed by atoms with Crippen LogP contribution in [-0.4, -0.2) is 46.3 Å². The Labute approximate surface area is 163 Å². The highest BCUT2D eigenvalue weighted by molar-refractivity contribution is 7.90. The number of anilines is 3. The van der Waals surface area contributed by atoms with Crippen molar-refractivity contribution in [2.75, 3.05) is 16.9 Å². The molecule has 0 unspecified atom stereocenters. The zero-order valence-corrected chi connectivity index (χ0v) is 16.4. The molecule has 0 amide bonds. The molecule has 0 atom stereocenters. The summed E-state index contributed by atoms with van der Waals surface area (Å²) in [5.41, 5.74) is 6.73. The highest BCUT2D eigenvalue weighted by atomic mass is 32.2. The standard InChI is InChI=1S/C18H23N7O2S/c1-28(26,27)15-8-6-14(7-9-15)23-17-10-16(24-18-20-11-21-25(17)18)22-13-4-2-12(19)3-5-13/h6-13,23H,2-5,19H2,1H3,(H,20,21,22,24). The van der Waals surface area contributed by atoms with Crippen molar-refractivity contribution in [1.29, 1.82) is 0 Å². The predicted molar refractivity (Wildman–Crippen MR) is 107 cm³/mol. The van der Waals surface area contributed by atoms with Crippen molar-refractivity contribution in [2.24, 2.45) is 5.73 Å². The molecular weight excluding hydrogens is 378 g/mol. The molecule has 2 heterocycles. The van der Waals surface area contributed by atoms with E-state index in [0.29, 0.717) is 17.6 Å². The van der Waals surface area contributed by atoms with Crippen molar-refractivity contribution in [1.82, 2.24) is 19.6 Å². The second-order valence-corrected chi connectivity index (χ2v) is 9.19. The van der Waals surface area contributed by atoms with Crippen LogP contribution in [-0.2, 0) is 9.84 Å². The number of hydrogen-bond donors (Lipinski definition) is 3. The van der Waals surface area contributed by atoms with Crippen LogP contribution < -0.4 is 16.4 Å². The van der Waals surface area contributed by atoms with E-state index in [1.165, 1.54) is 12.6 Å².